The van der Waals surface area contributed by atoms with Crippen molar-refractivity contribution in [3.05, 3.63) is 30.0 Å². The number of hydrogen-bond donors (Lipinski definition) is 1. The lowest BCUT2D eigenvalue weighted by atomic mass is 10.0. The molecule has 0 fully saturated rings. The quantitative estimate of drug-likeness (QED) is 0.874. The molecule has 2 rings (SSSR count). The number of aryl methyl sites for hydroxylation is 1. The summed E-state index contributed by atoms with van der Waals surface area (Å²) in [6.45, 7) is 8.49. The highest BCUT2D eigenvalue weighted by Gasteiger charge is 2.17. The topological polar surface area (TPSA) is 37.8 Å². The molecule has 1 aromatic heterocycles. The summed E-state index contributed by atoms with van der Waals surface area (Å²) in [4.78, 5) is 0. The van der Waals surface area contributed by atoms with Crippen LogP contribution in [0.25, 0.3) is 10.8 Å². The SMILES string of the molecule is CCC(C)(C)Nc1nnc(C)c2ccccc12. The van der Waals surface area contributed by atoms with Crippen LogP contribution in [0.2, 0.25) is 0 Å². The van der Waals surface area contributed by atoms with Gasteiger partial charge in [0.15, 0.2) is 5.82 Å². The van der Waals surface area contributed by atoms with Crippen LogP contribution in [0.15, 0.2) is 24.3 Å². The number of nitrogens with zero attached hydrogens (tertiary/aromatic N) is 2. The van der Waals surface area contributed by atoms with Gasteiger partial charge >= 0.3 is 0 Å². The fraction of sp³-hybridized carbons (Fsp3) is 0.429. The maximum absolute atomic E-state index is 4.28. The molecule has 0 atom stereocenters. The lowest BCUT2D eigenvalue weighted by Crippen LogP contribution is -2.30. The van der Waals surface area contributed by atoms with Gasteiger partial charge in [0.1, 0.15) is 0 Å². The third-order valence-corrected chi connectivity index (χ3v) is 3.21. The lowest BCUT2D eigenvalue weighted by molar-refractivity contribution is 0.544. The monoisotopic (exact) mass is 229 g/mol. The second-order valence-corrected chi connectivity index (χ2v) is 5.04. The first-order valence-corrected chi connectivity index (χ1v) is 6.04. The zero-order chi connectivity index (χ0) is 12.5. The van der Waals surface area contributed by atoms with Crippen molar-refractivity contribution in [2.45, 2.75) is 39.7 Å². The van der Waals surface area contributed by atoms with Crippen molar-refractivity contribution in [2.75, 3.05) is 5.32 Å². The molecule has 90 valence electrons. The molecule has 1 heterocycles. The molecule has 17 heavy (non-hydrogen) atoms. The first-order valence-electron chi connectivity index (χ1n) is 6.04. The van der Waals surface area contributed by atoms with Gasteiger partial charge in [-0.3, -0.25) is 0 Å². The number of aromatic nitrogens is 2. The maximum Gasteiger partial charge on any atom is 0.157 e. The van der Waals surface area contributed by atoms with Gasteiger partial charge in [-0.15, -0.1) is 5.10 Å². The fourth-order valence-electron chi connectivity index (χ4n) is 1.74. The molecular weight excluding hydrogens is 210 g/mol. The van der Waals surface area contributed by atoms with E-state index < -0.39 is 0 Å². The van der Waals surface area contributed by atoms with Gasteiger partial charge in [-0.25, -0.2) is 0 Å². The van der Waals surface area contributed by atoms with Crippen LogP contribution in [-0.2, 0) is 0 Å². The molecule has 0 unspecified atom stereocenters. The van der Waals surface area contributed by atoms with E-state index >= 15 is 0 Å². The van der Waals surface area contributed by atoms with Crippen LogP contribution < -0.4 is 5.32 Å². The molecule has 3 heteroatoms. The molecule has 1 N–H and O–H groups in total. The summed E-state index contributed by atoms with van der Waals surface area (Å²) >= 11 is 0. The second kappa shape index (κ2) is 4.32. The predicted molar refractivity (Wildman–Crippen MR) is 72.3 cm³/mol. The van der Waals surface area contributed by atoms with Crippen LogP contribution in [0.4, 0.5) is 5.82 Å². The van der Waals surface area contributed by atoms with E-state index in [1.165, 1.54) is 0 Å². The van der Waals surface area contributed by atoms with E-state index in [2.05, 4.69) is 48.4 Å². The fourth-order valence-corrected chi connectivity index (χ4v) is 1.74. The standard InChI is InChI=1S/C14H19N3/c1-5-14(3,4)15-13-12-9-7-6-8-11(12)10(2)16-17-13/h6-9H,5H2,1-4H3,(H,15,17). The van der Waals surface area contributed by atoms with E-state index in [9.17, 15) is 0 Å². The van der Waals surface area contributed by atoms with Gasteiger partial charge in [-0.1, -0.05) is 31.2 Å². The molecule has 0 aliphatic carbocycles. The number of hydrogen-bond acceptors (Lipinski definition) is 3. The Morgan fingerprint density at radius 2 is 1.76 bits per heavy atom. The zero-order valence-electron chi connectivity index (χ0n) is 10.9. The van der Waals surface area contributed by atoms with Crippen LogP contribution in [0.3, 0.4) is 0 Å². The van der Waals surface area contributed by atoms with Gasteiger partial charge < -0.3 is 5.32 Å². The molecule has 3 nitrogen and oxygen atoms in total. The van der Waals surface area contributed by atoms with Gasteiger partial charge in [0.2, 0.25) is 0 Å². The van der Waals surface area contributed by atoms with Crippen LogP contribution in [-0.4, -0.2) is 15.7 Å². The van der Waals surface area contributed by atoms with Gasteiger partial charge in [-0.05, 0) is 27.2 Å². The average molecular weight is 229 g/mol. The molecular formula is C14H19N3. The van der Waals surface area contributed by atoms with E-state index in [4.69, 9.17) is 0 Å². The average Bonchev–Trinajstić information content (AvgIpc) is 2.33. The van der Waals surface area contributed by atoms with E-state index in [1.807, 2.05) is 19.1 Å². The molecule has 0 bridgehead atoms. The second-order valence-electron chi connectivity index (χ2n) is 5.04. The molecule has 0 saturated carbocycles. The molecule has 0 amide bonds. The van der Waals surface area contributed by atoms with Crippen molar-refractivity contribution in [3.8, 4) is 0 Å². The van der Waals surface area contributed by atoms with E-state index in [-0.39, 0.29) is 5.54 Å². The Morgan fingerprint density at radius 1 is 1.12 bits per heavy atom. The molecule has 0 aliphatic heterocycles. The van der Waals surface area contributed by atoms with E-state index in [0.29, 0.717) is 0 Å². The summed E-state index contributed by atoms with van der Waals surface area (Å²) < 4.78 is 0. The Hall–Kier alpha value is -1.64. The normalized spacial score (nSPS) is 11.8. The highest BCUT2D eigenvalue weighted by atomic mass is 15.2. The largest absolute Gasteiger partial charge is 0.363 e. The van der Waals surface area contributed by atoms with Crippen molar-refractivity contribution in [1.29, 1.82) is 0 Å². The summed E-state index contributed by atoms with van der Waals surface area (Å²) in [5, 5.41) is 14.3. The van der Waals surface area contributed by atoms with Crippen molar-refractivity contribution in [2.24, 2.45) is 0 Å². The van der Waals surface area contributed by atoms with Gasteiger partial charge in [0.25, 0.3) is 0 Å². The van der Waals surface area contributed by atoms with Gasteiger partial charge in [0, 0.05) is 16.3 Å². The van der Waals surface area contributed by atoms with Crippen molar-refractivity contribution < 1.29 is 0 Å². The predicted octanol–water partition coefficient (Wildman–Crippen LogP) is 3.54. The Bertz CT molecular complexity index is 532. The number of rotatable bonds is 3. The minimum Gasteiger partial charge on any atom is -0.363 e. The highest BCUT2D eigenvalue weighted by molar-refractivity contribution is 5.93. The maximum atomic E-state index is 4.28. The molecule has 0 spiro atoms. The summed E-state index contributed by atoms with van der Waals surface area (Å²) in [5.41, 5.74) is 1.01. The number of fused-ring (bicyclic) bond motifs is 1. The highest BCUT2D eigenvalue weighted by Crippen LogP contribution is 2.25. The summed E-state index contributed by atoms with van der Waals surface area (Å²) in [5.74, 6) is 0.873. The van der Waals surface area contributed by atoms with Gasteiger partial charge in [0.05, 0.1) is 5.69 Å². The Morgan fingerprint density at radius 3 is 2.41 bits per heavy atom. The molecule has 1 aromatic carbocycles. The Kier molecular flexibility index (Phi) is 3.01. The minimum absolute atomic E-state index is 0.0344. The molecule has 0 aliphatic rings. The smallest absolute Gasteiger partial charge is 0.157 e. The first kappa shape index (κ1) is 11.8. The Balaban J connectivity index is 2.52. The number of anilines is 1. The lowest BCUT2D eigenvalue weighted by Gasteiger charge is -2.25. The first-order chi connectivity index (χ1) is 8.03. The zero-order valence-corrected chi connectivity index (χ0v) is 10.9. The molecule has 2 aromatic rings. The van der Waals surface area contributed by atoms with Gasteiger partial charge in [-0.2, -0.15) is 5.10 Å². The summed E-state index contributed by atoms with van der Waals surface area (Å²) in [6.07, 6.45) is 1.04. The summed E-state index contributed by atoms with van der Waals surface area (Å²) in [7, 11) is 0. The minimum atomic E-state index is 0.0344. The van der Waals surface area contributed by atoms with E-state index in [0.717, 1.165) is 28.7 Å². The van der Waals surface area contributed by atoms with Crippen molar-refractivity contribution in [1.82, 2.24) is 10.2 Å². The van der Waals surface area contributed by atoms with Crippen LogP contribution in [0.5, 0.6) is 0 Å². The summed E-state index contributed by atoms with van der Waals surface area (Å²) in [6, 6.07) is 8.24. The molecule has 0 saturated heterocycles. The van der Waals surface area contributed by atoms with Crippen molar-refractivity contribution >= 4 is 16.6 Å². The van der Waals surface area contributed by atoms with Crippen LogP contribution in [0, 0.1) is 6.92 Å². The van der Waals surface area contributed by atoms with E-state index in [1.54, 1.807) is 0 Å². The van der Waals surface area contributed by atoms with Crippen LogP contribution >= 0.6 is 0 Å². The van der Waals surface area contributed by atoms with Crippen LogP contribution in [0.1, 0.15) is 32.9 Å². The number of benzene rings is 1. The number of nitrogens with one attached hydrogen (secondary N) is 1. The van der Waals surface area contributed by atoms with Crippen molar-refractivity contribution in [3.63, 3.8) is 0 Å². The third-order valence-electron chi connectivity index (χ3n) is 3.21. The Labute approximate surface area is 102 Å². The third kappa shape index (κ3) is 2.38. The molecule has 0 radical (unpaired) electrons.